The number of rotatable bonds is 7. The highest BCUT2D eigenvalue weighted by molar-refractivity contribution is 9.10. The van der Waals surface area contributed by atoms with E-state index < -0.39 is 15.4 Å². The molecule has 1 amide bonds. The Morgan fingerprint density at radius 1 is 1.18 bits per heavy atom. The molecule has 0 bridgehead atoms. The molecule has 0 saturated heterocycles. The molecule has 8 heteroatoms. The van der Waals surface area contributed by atoms with Crippen molar-refractivity contribution in [1.29, 1.82) is 0 Å². The first-order valence-corrected chi connectivity index (χ1v) is 11.7. The Kier molecular flexibility index (Phi) is 6.20. The van der Waals surface area contributed by atoms with Crippen LogP contribution in [0.2, 0.25) is 5.02 Å². The molecule has 0 heterocycles. The molecule has 1 aliphatic carbocycles. The third-order valence-corrected chi connectivity index (χ3v) is 7.96. The molecule has 0 spiro atoms. The predicted molar refractivity (Wildman–Crippen MR) is 115 cm³/mol. The van der Waals surface area contributed by atoms with E-state index in [9.17, 15) is 13.2 Å². The van der Waals surface area contributed by atoms with E-state index in [0.717, 1.165) is 22.9 Å². The predicted octanol–water partition coefficient (Wildman–Crippen LogP) is 4.80. The minimum atomic E-state index is -3.64. The number of hydrogen-bond acceptors (Lipinski definition) is 3. The molecule has 1 aliphatic rings. The van der Waals surface area contributed by atoms with Crippen LogP contribution in [0, 0.1) is 0 Å². The molecule has 1 saturated carbocycles. The maximum Gasteiger partial charge on any atom is 0.243 e. The number of benzene rings is 2. The van der Waals surface area contributed by atoms with Crippen molar-refractivity contribution in [1.82, 2.24) is 4.31 Å². The molecule has 150 valence electrons. The Morgan fingerprint density at radius 2 is 1.86 bits per heavy atom. The molecule has 28 heavy (non-hydrogen) atoms. The van der Waals surface area contributed by atoms with Gasteiger partial charge in [-0.15, -0.1) is 0 Å². The maximum atomic E-state index is 13.0. The van der Waals surface area contributed by atoms with Crippen LogP contribution < -0.4 is 5.32 Å². The fraction of sp³-hybridized carbons (Fsp3) is 0.350. The second-order valence-electron chi connectivity index (χ2n) is 6.78. The molecular formula is C20H22BrClN2O3S. The summed E-state index contributed by atoms with van der Waals surface area (Å²) in [7, 11) is -3.64. The summed E-state index contributed by atoms with van der Waals surface area (Å²) in [5.41, 5.74) is 0.643. The number of amides is 1. The minimum Gasteiger partial charge on any atom is -0.324 e. The van der Waals surface area contributed by atoms with Gasteiger partial charge in [0.1, 0.15) is 0 Å². The maximum absolute atomic E-state index is 13.0. The van der Waals surface area contributed by atoms with Crippen molar-refractivity contribution >= 4 is 49.1 Å². The van der Waals surface area contributed by atoms with Crippen LogP contribution >= 0.6 is 27.5 Å². The number of anilines is 1. The number of hydrogen-bond donors (Lipinski definition) is 1. The summed E-state index contributed by atoms with van der Waals surface area (Å²) in [6.45, 7) is 4.31. The van der Waals surface area contributed by atoms with Gasteiger partial charge in [-0.05, 0) is 48.7 Å². The fourth-order valence-electron chi connectivity index (χ4n) is 3.27. The lowest BCUT2D eigenvalue weighted by atomic mass is 9.95. The number of carbonyl (C=O) groups is 1. The molecule has 0 radical (unpaired) electrons. The van der Waals surface area contributed by atoms with Crippen molar-refractivity contribution in [2.45, 2.75) is 37.0 Å². The number of carbonyl (C=O) groups excluding carboxylic acids is 1. The molecule has 5 nitrogen and oxygen atoms in total. The summed E-state index contributed by atoms with van der Waals surface area (Å²) in [6, 6.07) is 12.1. The van der Waals surface area contributed by atoms with Gasteiger partial charge in [0, 0.05) is 17.6 Å². The van der Waals surface area contributed by atoms with Crippen LogP contribution in [0.3, 0.4) is 0 Å². The topological polar surface area (TPSA) is 66.5 Å². The van der Waals surface area contributed by atoms with Gasteiger partial charge in [-0.2, -0.15) is 4.31 Å². The third kappa shape index (κ3) is 3.99. The van der Waals surface area contributed by atoms with Gasteiger partial charge in [0.25, 0.3) is 0 Å². The van der Waals surface area contributed by atoms with Crippen molar-refractivity contribution < 1.29 is 13.2 Å². The molecule has 0 unspecified atom stereocenters. The molecule has 2 aromatic rings. The van der Waals surface area contributed by atoms with Crippen LogP contribution in [0.1, 0.15) is 32.3 Å². The SMILES string of the molecule is CCN(CC)S(=O)(=O)c1ccc(Cl)c(NC(=O)C2(c3cccc(Br)c3)CC2)c1. The van der Waals surface area contributed by atoms with Gasteiger partial charge in [0.05, 0.1) is 21.0 Å². The van der Waals surface area contributed by atoms with Gasteiger partial charge >= 0.3 is 0 Å². The van der Waals surface area contributed by atoms with E-state index in [1.54, 1.807) is 13.8 Å². The Hall–Kier alpha value is -1.41. The quantitative estimate of drug-likeness (QED) is 0.612. The standard InChI is InChI=1S/C20H22BrClN2O3S/c1-3-24(4-2)28(26,27)16-8-9-17(22)18(13-16)23-19(25)20(10-11-20)14-6-5-7-15(21)12-14/h5-9,12-13H,3-4,10-11H2,1-2H3,(H,23,25). The molecule has 0 atom stereocenters. The Balaban J connectivity index is 1.90. The van der Waals surface area contributed by atoms with Crippen molar-refractivity contribution in [2.24, 2.45) is 0 Å². The van der Waals surface area contributed by atoms with Gasteiger partial charge in [-0.3, -0.25) is 4.79 Å². The smallest absolute Gasteiger partial charge is 0.243 e. The summed E-state index contributed by atoms with van der Waals surface area (Å²) in [5.74, 6) is -0.176. The third-order valence-electron chi connectivity index (χ3n) is 5.09. The van der Waals surface area contributed by atoms with Gasteiger partial charge in [0.15, 0.2) is 0 Å². The molecule has 2 aromatic carbocycles. The van der Waals surface area contributed by atoms with E-state index in [-0.39, 0.29) is 10.8 Å². The number of nitrogens with one attached hydrogen (secondary N) is 1. The summed E-state index contributed by atoms with van der Waals surface area (Å²) < 4.78 is 27.8. The monoisotopic (exact) mass is 484 g/mol. The van der Waals surface area contributed by atoms with Crippen LogP contribution in [0.25, 0.3) is 0 Å². The summed E-state index contributed by atoms with van der Waals surface area (Å²) in [5, 5.41) is 3.15. The van der Waals surface area contributed by atoms with Crippen LogP contribution in [0.15, 0.2) is 51.8 Å². The highest BCUT2D eigenvalue weighted by Gasteiger charge is 2.51. The van der Waals surface area contributed by atoms with E-state index in [1.807, 2.05) is 24.3 Å². The van der Waals surface area contributed by atoms with Crippen LogP contribution in [-0.2, 0) is 20.2 Å². The Bertz CT molecular complexity index is 1000. The number of nitrogens with zero attached hydrogens (tertiary/aromatic N) is 1. The van der Waals surface area contributed by atoms with E-state index in [0.29, 0.717) is 23.8 Å². The largest absolute Gasteiger partial charge is 0.324 e. The lowest BCUT2D eigenvalue weighted by Crippen LogP contribution is -2.31. The molecule has 1 fully saturated rings. The molecule has 0 aromatic heterocycles. The zero-order valence-electron chi connectivity index (χ0n) is 15.7. The van der Waals surface area contributed by atoms with E-state index >= 15 is 0 Å². The molecule has 0 aliphatic heterocycles. The summed E-state index contributed by atoms with van der Waals surface area (Å²) >= 11 is 9.69. The van der Waals surface area contributed by atoms with Gasteiger partial charge in [-0.25, -0.2) is 8.42 Å². The average Bonchev–Trinajstić information content (AvgIpc) is 3.46. The van der Waals surface area contributed by atoms with E-state index in [1.165, 1.54) is 22.5 Å². The molecular weight excluding hydrogens is 464 g/mol. The number of halogens is 2. The van der Waals surface area contributed by atoms with Crippen molar-refractivity contribution in [2.75, 3.05) is 18.4 Å². The second-order valence-corrected chi connectivity index (χ2v) is 10.0. The Labute approximate surface area is 179 Å². The van der Waals surface area contributed by atoms with Crippen LogP contribution in [0.5, 0.6) is 0 Å². The van der Waals surface area contributed by atoms with Crippen LogP contribution in [-0.4, -0.2) is 31.7 Å². The lowest BCUT2D eigenvalue weighted by molar-refractivity contribution is -0.118. The molecule has 1 N–H and O–H groups in total. The first-order valence-electron chi connectivity index (χ1n) is 9.12. The first kappa shape index (κ1) is 21.3. The normalized spacial score (nSPS) is 15.5. The average molecular weight is 486 g/mol. The van der Waals surface area contributed by atoms with Crippen molar-refractivity contribution in [3.63, 3.8) is 0 Å². The lowest BCUT2D eigenvalue weighted by Gasteiger charge is -2.20. The summed E-state index contributed by atoms with van der Waals surface area (Å²) in [6.07, 6.45) is 1.48. The fourth-order valence-corrected chi connectivity index (χ4v) is 5.32. The molecule has 3 rings (SSSR count). The Morgan fingerprint density at radius 3 is 2.43 bits per heavy atom. The van der Waals surface area contributed by atoms with Gasteiger partial charge in [-0.1, -0.05) is 53.5 Å². The minimum absolute atomic E-state index is 0.114. The van der Waals surface area contributed by atoms with Crippen molar-refractivity contribution in [3.05, 3.63) is 57.5 Å². The summed E-state index contributed by atoms with van der Waals surface area (Å²) in [4.78, 5) is 13.1. The zero-order valence-corrected chi connectivity index (χ0v) is 18.9. The first-order chi connectivity index (χ1) is 13.2. The van der Waals surface area contributed by atoms with Gasteiger partial charge < -0.3 is 5.32 Å². The number of sulfonamides is 1. The van der Waals surface area contributed by atoms with Crippen LogP contribution in [0.4, 0.5) is 5.69 Å². The van der Waals surface area contributed by atoms with E-state index in [4.69, 9.17) is 11.6 Å². The van der Waals surface area contributed by atoms with Gasteiger partial charge in [0.2, 0.25) is 15.9 Å². The highest BCUT2D eigenvalue weighted by Crippen LogP contribution is 2.49. The zero-order chi connectivity index (χ0) is 20.5. The highest BCUT2D eigenvalue weighted by atomic mass is 79.9. The second kappa shape index (κ2) is 8.14. The van der Waals surface area contributed by atoms with Crippen molar-refractivity contribution in [3.8, 4) is 0 Å². The van der Waals surface area contributed by atoms with E-state index in [2.05, 4.69) is 21.2 Å².